The summed E-state index contributed by atoms with van der Waals surface area (Å²) >= 11 is 0. The summed E-state index contributed by atoms with van der Waals surface area (Å²) in [6, 6.07) is 0.930. The molecule has 9 nitrogen and oxygen atoms in total. The molecule has 1 aliphatic heterocycles. The molecule has 11 heteroatoms. The van der Waals surface area contributed by atoms with Crippen LogP contribution in [0.1, 0.15) is 46.8 Å². The van der Waals surface area contributed by atoms with E-state index >= 15 is 0 Å². The molecule has 1 aromatic carbocycles. The Hall–Kier alpha value is -2.39. The van der Waals surface area contributed by atoms with E-state index in [9.17, 15) is 19.3 Å². The number of allylic oxidation sites excluding steroid dienone is 4. The van der Waals surface area contributed by atoms with Gasteiger partial charge in [0.2, 0.25) is 0 Å². The minimum atomic E-state index is -3.18. The van der Waals surface area contributed by atoms with Gasteiger partial charge in [-0.2, -0.15) is 0 Å². The van der Waals surface area contributed by atoms with Crippen molar-refractivity contribution in [2.45, 2.75) is 65.4 Å². The van der Waals surface area contributed by atoms with E-state index in [0.29, 0.717) is 36.5 Å². The lowest BCUT2D eigenvalue weighted by Gasteiger charge is -2.21. The Labute approximate surface area is 233 Å². The van der Waals surface area contributed by atoms with Crippen LogP contribution >= 0.6 is 7.60 Å². The Bertz CT molecular complexity index is 1140. The van der Waals surface area contributed by atoms with Crippen molar-refractivity contribution in [1.29, 1.82) is 0 Å². The molecule has 1 heterocycles. The van der Waals surface area contributed by atoms with Gasteiger partial charge in [0.05, 0.1) is 25.8 Å². The molecule has 2 rings (SSSR count). The van der Waals surface area contributed by atoms with Crippen LogP contribution in [0, 0.1) is 12.8 Å². The third-order valence-electron chi connectivity index (χ3n) is 6.77. The van der Waals surface area contributed by atoms with Gasteiger partial charge >= 0.3 is 19.5 Å². The number of hydrogen-bond acceptors (Lipinski definition) is 8. The van der Waals surface area contributed by atoms with Crippen molar-refractivity contribution in [3.63, 3.8) is 0 Å². The molecule has 0 saturated carbocycles. The zero-order valence-corrected chi connectivity index (χ0v) is 26.3. The Kier molecular flexibility index (Phi) is 12.0. The van der Waals surface area contributed by atoms with Crippen molar-refractivity contribution in [3.05, 3.63) is 46.1 Å². The van der Waals surface area contributed by atoms with Crippen molar-refractivity contribution in [1.82, 2.24) is 0 Å². The molecule has 0 saturated heterocycles. The lowest BCUT2D eigenvalue weighted by atomic mass is 9.93. The molecule has 0 aromatic heterocycles. The SMILES string of the molecule is COc1c(C)c2c(c(OCC[Si](C)(C)C)c1CC=C(C)CC(CC=CCP(=O)(OC)OC)C(=O)O)C(=O)OC2. The maximum absolute atomic E-state index is 12.7. The molecule has 0 spiro atoms. The molecule has 0 fully saturated rings. The van der Waals surface area contributed by atoms with Crippen LogP contribution in [0.4, 0.5) is 0 Å². The summed E-state index contributed by atoms with van der Waals surface area (Å²) in [4.78, 5) is 24.6. The summed E-state index contributed by atoms with van der Waals surface area (Å²) in [6.45, 7) is 11.3. The third kappa shape index (κ3) is 9.06. The number of aliphatic carboxylic acids is 1. The van der Waals surface area contributed by atoms with Crippen LogP contribution in [-0.4, -0.2) is 59.2 Å². The number of rotatable bonds is 16. The van der Waals surface area contributed by atoms with Gasteiger partial charge in [-0.15, -0.1) is 0 Å². The molecule has 0 aliphatic carbocycles. The average Bonchev–Trinajstić information content (AvgIpc) is 3.26. The van der Waals surface area contributed by atoms with Gasteiger partial charge in [0.1, 0.15) is 23.7 Å². The summed E-state index contributed by atoms with van der Waals surface area (Å²) in [5, 5.41) is 9.77. The number of cyclic esters (lactones) is 1. The van der Waals surface area contributed by atoms with Gasteiger partial charge in [0.25, 0.3) is 0 Å². The van der Waals surface area contributed by atoms with Crippen LogP contribution in [0.3, 0.4) is 0 Å². The van der Waals surface area contributed by atoms with E-state index < -0.39 is 33.5 Å². The third-order valence-corrected chi connectivity index (χ3v) is 10.2. The van der Waals surface area contributed by atoms with E-state index in [-0.39, 0.29) is 19.2 Å². The fraction of sp³-hybridized carbons (Fsp3) is 0.571. The molecule has 0 bridgehead atoms. The molecule has 1 aromatic rings. The van der Waals surface area contributed by atoms with E-state index in [1.54, 1.807) is 19.3 Å². The highest BCUT2D eigenvalue weighted by molar-refractivity contribution is 7.54. The predicted octanol–water partition coefficient (Wildman–Crippen LogP) is 6.40. The van der Waals surface area contributed by atoms with Crippen LogP contribution in [0.15, 0.2) is 23.8 Å². The van der Waals surface area contributed by atoms with Crippen molar-refractivity contribution >= 4 is 27.6 Å². The van der Waals surface area contributed by atoms with Crippen LogP contribution in [0.25, 0.3) is 0 Å². The highest BCUT2D eigenvalue weighted by atomic mass is 31.2. The van der Waals surface area contributed by atoms with Gasteiger partial charge in [-0.3, -0.25) is 9.36 Å². The van der Waals surface area contributed by atoms with Crippen LogP contribution in [-0.2, 0) is 36.2 Å². The molecular weight excluding hydrogens is 539 g/mol. The molecule has 1 atom stereocenters. The number of carbonyl (C=O) groups excluding carboxylic acids is 1. The van der Waals surface area contributed by atoms with Gasteiger partial charge in [0.15, 0.2) is 0 Å². The predicted molar refractivity (Wildman–Crippen MR) is 154 cm³/mol. The lowest BCUT2D eigenvalue weighted by molar-refractivity contribution is -0.141. The second-order valence-corrected chi connectivity index (χ2v) is 18.9. The molecular formula is C28H43O9PSi. The minimum Gasteiger partial charge on any atom is -0.496 e. The van der Waals surface area contributed by atoms with Gasteiger partial charge < -0.3 is 28.4 Å². The summed E-state index contributed by atoms with van der Waals surface area (Å²) in [6.07, 6.45) is 6.36. The van der Waals surface area contributed by atoms with Crippen molar-refractivity contribution in [3.8, 4) is 11.5 Å². The minimum absolute atomic E-state index is 0.0710. The van der Waals surface area contributed by atoms with E-state index in [2.05, 4.69) is 19.6 Å². The molecule has 0 radical (unpaired) electrons. The molecule has 1 unspecified atom stereocenters. The first-order valence-electron chi connectivity index (χ1n) is 13.0. The van der Waals surface area contributed by atoms with E-state index in [0.717, 1.165) is 28.3 Å². The van der Waals surface area contributed by atoms with Gasteiger partial charge in [-0.25, -0.2) is 4.79 Å². The molecule has 1 aliphatic rings. The number of fused-ring (bicyclic) bond motifs is 1. The Balaban J connectivity index is 2.29. The smallest absolute Gasteiger partial charge is 0.342 e. The number of hydrogen-bond donors (Lipinski definition) is 1. The van der Waals surface area contributed by atoms with Crippen LogP contribution < -0.4 is 9.47 Å². The fourth-order valence-corrected chi connectivity index (χ4v) is 5.90. The summed E-state index contributed by atoms with van der Waals surface area (Å²) in [5.41, 5.74) is 3.72. The number of esters is 1. The summed E-state index contributed by atoms with van der Waals surface area (Å²) < 4.78 is 39.4. The number of methoxy groups -OCH3 is 1. The normalized spacial score (nSPS) is 14.9. The molecule has 39 heavy (non-hydrogen) atoms. The zero-order chi connectivity index (χ0) is 29.4. The van der Waals surface area contributed by atoms with Gasteiger partial charge in [-0.1, -0.05) is 43.4 Å². The first-order chi connectivity index (χ1) is 18.3. The number of carbonyl (C=O) groups is 2. The topological polar surface area (TPSA) is 118 Å². The van der Waals surface area contributed by atoms with Crippen molar-refractivity contribution in [2.24, 2.45) is 5.92 Å². The highest BCUT2D eigenvalue weighted by Crippen LogP contribution is 2.46. The lowest BCUT2D eigenvalue weighted by Crippen LogP contribution is -2.23. The van der Waals surface area contributed by atoms with Crippen LogP contribution in [0.2, 0.25) is 25.7 Å². The first-order valence-corrected chi connectivity index (χ1v) is 18.5. The van der Waals surface area contributed by atoms with E-state index in [4.69, 9.17) is 23.3 Å². The largest absolute Gasteiger partial charge is 0.496 e. The maximum Gasteiger partial charge on any atom is 0.342 e. The Morgan fingerprint density at radius 2 is 1.82 bits per heavy atom. The second-order valence-electron chi connectivity index (χ2n) is 10.9. The van der Waals surface area contributed by atoms with Crippen molar-refractivity contribution < 1.29 is 42.5 Å². The Morgan fingerprint density at radius 1 is 1.15 bits per heavy atom. The maximum atomic E-state index is 12.7. The van der Waals surface area contributed by atoms with Gasteiger partial charge in [0, 0.05) is 33.4 Å². The number of benzene rings is 1. The Morgan fingerprint density at radius 3 is 2.38 bits per heavy atom. The number of carboxylic acids is 1. The number of ether oxygens (including phenoxy) is 3. The summed E-state index contributed by atoms with van der Waals surface area (Å²) in [7, 11) is -0.331. The fourth-order valence-electron chi connectivity index (χ4n) is 4.34. The molecule has 0 amide bonds. The quantitative estimate of drug-likeness (QED) is 0.102. The first kappa shape index (κ1) is 32.8. The van der Waals surface area contributed by atoms with E-state index in [1.807, 2.05) is 19.9 Å². The van der Waals surface area contributed by atoms with Crippen molar-refractivity contribution in [2.75, 3.05) is 34.1 Å². The van der Waals surface area contributed by atoms with Crippen LogP contribution in [0.5, 0.6) is 11.5 Å². The number of carboxylic acid groups (broad SMARTS) is 1. The zero-order valence-electron chi connectivity index (χ0n) is 24.4. The molecule has 218 valence electrons. The molecule has 1 N–H and O–H groups in total. The highest BCUT2D eigenvalue weighted by Gasteiger charge is 2.33. The second kappa shape index (κ2) is 14.3. The van der Waals surface area contributed by atoms with Gasteiger partial charge in [-0.05, 0) is 44.7 Å². The monoisotopic (exact) mass is 582 g/mol. The standard InChI is InChI=1S/C28H43O9PSi/c1-19(17-21(27(29)30)11-9-10-15-38(32,34-4)35-5)12-13-22-25(33-3)20(2)23-18-37-28(31)24(23)26(22)36-14-16-39(6,7)8/h9-10,12,21H,11,13-18H2,1-8H3,(H,29,30). The average molecular weight is 583 g/mol. The summed E-state index contributed by atoms with van der Waals surface area (Å²) in [5.74, 6) is -0.829. The van der Waals surface area contributed by atoms with E-state index in [1.165, 1.54) is 14.2 Å².